The zero-order chi connectivity index (χ0) is 8.85. The van der Waals surface area contributed by atoms with Gasteiger partial charge in [0.15, 0.2) is 0 Å². The minimum absolute atomic E-state index is 0.105. The van der Waals surface area contributed by atoms with Crippen molar-refractivity contribution in [3.8, 4) is 0 Å². The van der Waals surface area contributed by atoms with Gasteiger partial charge in [-0.25, -0.2) is 0 Å². The molecule has 0 aliphatic heterocycles. The Bertz CT molecular complexity index is 152. The zero-order valence-corrected chi connectivity index (χ0v) is 7.18. The van der Waals surface area contributed by atoms with Gasteiger partial charge < -0.3 is 11.1 Å². The van der Waals surface area contributed by atoms with Crippen LogP contribution in [0, 0.1) is 0 Å². The molecule has 0 aromatic heterocycles. The molecule has 0 unspecified atom stereocenters. The van der Waals surface area contributed by atoms with Gasteiger partial charge >= 0.3 is 0 Å². The standard InChI is InChI=1S/C8H16N2O/c1-6(2)4-5-10-8(11)7(3)9/h7H,1,4-5,9H2,2-3H3,(H,10,11)/t7-/m0/s1. The summed E-state index contributed by atoms with van der Waals surface area (Å²) in [6.45, 7) is 7.94. The molecule has 0 radical (unpaired) electrons. The monoisotopic (exact) mass is 156 g/mol. The van der Waals surface area contributed by atoms with Crippen molar-refractivity contribution in [1.82, 2.24) is 5.32 Å². The van der Waals surface area contributed by atoms with Crippen LogP contribution < -0.4 is 11.1 Å². The van der Waals surface area contributed by atoms with Crippen LogP contribution in [0.1, 0.15) is 20.3 Å². The van der Waals surface area contributed by atoms with E-state index in [0.717, 1.165) is 12.0 Å². The first kappa shape index (κ1) is 10.2. The fourth-order valence-corrected chi connectivity index (χ4v) is 0.560. The van der Waals surface area contributed by atoms with Crippen molar-refractivity contribution in [2.24, 2.45) is 5.73 Å². The van der Waals surface area contributed by atoms with Crippen molar-refractivity contribution in [3.63, 3.8) is 0 Å². The first-order valence-electron chi connectivity index (χ1n) is 3.71. The second kappa shape index (κ2) is 4.91. The normalized spacial score (nSPS) is 12.3. The summed E-state index contributed by atoms with van der Waals surface area (Å²) in [5.41, 5.74) is 6.38. The van der Waals surface area contributed by atoms with Gasteiger partial charge in [-0.2, -0.15) is 0 Å². The fraction of sp³-hybridized carbons (Fsp3) is 0.625. The number of carbonyl (C=O) groups is 1. The Balaban J connectivity index is 3.39. The molecule has 0 saturated carbocycles. The number of carbonyl (C=O) groups excluding carboxylic acids is 1. The molecule has 0 aromatic rings. The van der Waals surface area contributed by atoms with Gasteiger partial charge in [0.2, 0.25) is 5.91 Å². The van der Waals surface area contributed by atoms with Gasteiger partial charge in [-0.3, -0.25) is 4.79 Å². The third kappa shape index (κ3) is 5.61. The van der Waals surface area contributed by atoms with Crippen molar-refractivity contribution in [1.29, 1.82) is 0 Å². The van der Waals surface area contributed by atoms with Crippen LogP contribution in [0.2, 0.25) is 0 Å². The number of nitrogens with two attached hydrogens (primary N) is 1. The SMILES string of the molecule is C=C(C)CCNC(=O)[C@H](C)N. The van der Waals surface area contributed by atoms with Crippen LogP contribution in [0.5, 0.6) is 0 Å². The van der Waals surface area contributed by atoms with E-state index in [9.17, 15) is 4.79 Å². The first-order valence-corrected chi connectivity index (χ1v) is 3.71. The van der Waals surface area contributed by atoms with E-state index in [-0.39, 0.29) is 5.91 Å². The Morgan fingerprint density at radius 2 is 2.27 bits per heavy atom. The summed E-state index contributed by atoms with van der Waals surface area (Å²) in [5, 5.41) is 2.69. The molecular weight excluding hydrogens is 140 g/mol. The van der Waals surface area contributed by atoms with Crippen molar-refractivity contribution in [2.45, 2.75) is 26.3 Å². The summed E-state index contributed by atoms with van der Waals surface area (Å²) in [5.74, 6) is -0.105. The second-order valence-corrected chi connectivity index (χ2v) is 2.79. The van der Waals surface area contributed by atoms with Crippen molar-refractivity contribution < 1.29 is 4.79 Å². The summed E-state index contributed by atoms with van der Waals surface area (Å²) in [6, 6.07) is -0.417. The van der Waals surface area contributed by atoms with Crippen LogP contribution in [0.3, 0.4) is 0 Å². The molecular formula is C8H16N2O. The third-order valence-corrected chi connectivity index (χ3v) is 1.26. The predicted octanol–water partition coefficient (Wildman–Crippen LogP) is 0.416. The van der Waals surface area contributed by atoms with Crippen LogP contribution in [0.15, 0.2) is 12.2 Å². The molecule has 3 nitrogen and oxygen atoms in total. The number of nitrogens with one attached hydrogen (secondary N) is 1. The molecule has 64 valence electrons. The molecule has 0 fully saturated rings. The van der Waals surface area contributed by atoms with Crippen LogP contribution in [0.4, 0.5) is 0 Å². The fourth-order valence-electron chi connectivity index (χ4n) is 0.560. The third-order valence-electron chi connectivity index (χ3n) is 1.26. The molecule has 0 saturated heterocycles. The summed E-state index contributed by atoms with van der Waals surface area (Å²) < 4.78 is 0. The quantitative estimate of drug-likeness (QED) is 0.579. The van der Waals surface area contributed by atoms with Crippen LogP contribution in [-0.4, -0.2) is 18.5 Å². The molecule has 11 heavy (non-hydrogen) atoms. The summed E-state index contributed by atoms with van der Waals surface area (Å²) in [4.78, 5) is 10.9. The number of hydrogen-bond donors (Lipinski definition) is 2. The second-order valence-electron chi connectivity index (χ2n) is 2.79. The molecule has 1 atom stereocenters. The topological polar surface area (TPSA) is 55.1 Å². The Labute approximate surface area is 67.7 Å². The highest BCUT2D eigenvalue weighted by atomic mass is 16.2. The highest BCUT2D eigenvalue weighted by Crippen LogP contribution is 1.91. The lowest BCUT2D eigenvalue weighted by atomic mass is 10.2. The molecule has 0 heterocycles. The van der Waals surface area contributed by atoms with E-state index in [1.165, 1.54) is 0 Å². The molecule has 0 aromatic carbocycles. The van der Waals surface area contributed by atoms with Crippen LogP contribution in [0.25, 0.3) is 0 Å². The van der Waals surface area contributed by atoms with E-state index in [1.54, 1.807) is 6.92 Å². The summed E-state index contributed by atoms with van der Waals surface area (Å²) in [6.07, 6.45) is 0.818. The molecule has 0 rings (SSSR count). The van der Waals surface area contributed by atoms with Crippen LogP contribution >= 0.6 is 0 Å². The highest BCUT2D eigenvalue weighted by molar-refractivity contribution is 5.80. The van der Waals surface area contributed by atoms with E-state index >= 15 is 0 Å². The maximum atomic E-state index is 10.9. The molecule has 0 aliphatic carbocycles. The Morgan fingerprint density at radius 1 is 1.73 bits per heavy atom. The van der Waals surface area contributed by atoms with Gasteiger partial charge in [-0.1, -0.05) is 5.57 Å². The van der Waals surface area contributed by atoms with Crippen molar-refractivity contribution in [3.05, 3.63) is 12.2 Å². The van der Waals surface area contributed by atoms with E-state index in [2.05, 4.69) is 11.9 Å². The molecule has 3 N–H and O–H groups in total. The maximum Gasteiger partial charge on any atom is 0.236 e. The summed E-state index contributed by atoms with van der Waals surface area (Å²) in [7, 11) is 0. The lowest BCUT2D eigenvalue weighted by molar-refractivity contribution is -0.121. The largest absolute Gasteiger partial charge is 0.354 e. The Hall–Kier alpha value is -0.830. The average molecular weight is 156 g/mol. The minimum Gasteiger partial charge on any atom is -0.354 e. The van der Waals surface area contributed by atoms with Gasteiger partial charge in [0.1, 0.15) is 0 Å². The van der Waals surface area contributed by atoms with E-state index in [1.807, 2.05) is 6.92 Å². The van der Waals surface area contributed by atoms with E-state index in [4.69, 9.17) is 5.73 Å². The van der Waals surface area contributed by atoms with E-state index < -0.39 is 6.04 Å². The number of rotatable bonds is 4. The smallest absolute Gasteiger partial charge is 0.236 e. The average Bonchev–Trinajstić information content (AvgIpc) is 1.86. The molecule has 0 bridgehead atoms. The molecule has 0 aliphatic rings. The lowest BCUT2D eigenvalue weighted by Crippen LogP contribution is -2.38. The predicted molar refractivity (Wildman–Crippen MR) is 46.1 cm³/mol. The van der Waals surface area contributed by atoms with Gasteiger partial charge in [0, 0.05) is 6.54 Å². The molecule has 3 heteroatoms. The summed E-state index contributed by atoms with van der Waals surface area (Å²) >= 11 is 0. The molecule has 0 spiro atoms. The minimum atomic E-state index is -0.417. The maximum absolute atomic E-state index is 10.9. The van der Waals surface area contributed by atoms with Crippen LogP contribution in [-0.2, 0) is 4.79 Å². The van der Waals surface area contributed by atoms with Gasteiger partial charge in [-0.05, 0) is 20.3 Å². The lowest BCUT2D eigenvalue weighted by Gasteiger charge is -2.06. The zero-order valence-electron chi connectivity index (χ0n) is 7.18. The van der Waals surface area contributed by atoms with Gasteiger partial charge in [0.05, 0.1) is 6.04 Å². The highest BCUT2D eigenvalue weighted by Gasteiger charge is 2.04. The molecule has 1 amide bonds. The van der Waals surface area contributed by atoms with E-state index in [0.29, 0.717) is 6.54 Å². The Kier molecular flexibility index (Phi) is 4.54. The Morgan fingerprint density at radius 3 is 2.64 bits per heavy atom. The van der Waals surface area contributed by atoms with Crippen molar-refractivity contribution in [2.75, 3.05) is 6.54 Å². The van der Waals surface area contributed by atoms with Gasteiger partial charge in [-0.15, -0.1) is 6.58 Å². The number of amides is 1. The van der Waals surface area contributed by atoms with Crippen molar-refractivity contribution >= 4 is 5.91 Å². The first-order chi connectivity index (χ1) is 5.04. The number of hydrogen-bond acceptors (Lipinski definition) is 2. The van der Waals surface area contributed by atoms with Gasteiger partial charge in [0.25, 0.3) is 0 Å².